The van der Waals surface area contributed by atoms with Gasteiger partial charge in [0.2, 0.25) is 0 Å². The average Bonchev–Trinajstić information content (AvgIpc) is 2.85. The number of nitrogens with zero attached hydrogens (tertiary/aromatic N) is 3. The molecule has 17 heavy (non-hydrogen) atoms. The highest BCUT2D eigenvalue weighted by Gasteiger charge is 2.08. The van der Waals surface area contributed by atoms with E-state index in [2.05, 4.69) is 15.5 Å². The second kappa shape index (κ2) is 5.42. The van der Waals surface area contributed by atoms with Gasteiger partial charge in [-0.15, -0.1) is 11.3 Å². The monoisotopic (exact) mass is 250 g/mol. The fraction of sp³-hybridized carbons (Fsp3) is 0.500. The second-order valence-corrected chi connectivity index (χ2v) is 5.35. The highest BCUT2D eigenvalue weighted by molar-refractivity contribution is 7.09. The van der Waals surface area contributed by atoms with E-state index < -0.39 is 0 Å². The van der Waals surface area contributed by atoms with Crippen molar-refractivity contribution in [3.05, 3.63) is 34.0 Å². The van der Waals surface area contributed by atoms with Crippen LogP contribution in [0.3, 0.4) is 0 Å². The van der Waals surface area contributed by atoms with Crippen molar-refractivity contribution in [3.63, 3.8) is 0 Å². The summed E-state index contributed by atoms with van der Waals surface area (Å²) in [6.07, 6.45) is 6.78. The van der Waals surface area contributed by atoms with E-state index in [1.165, 1.54) is 5.56 Å². The molecule has 0 bridgehead atoms. The molecular formula is C12H18N4S. The molecule has 92 valence electrons. The van der Waals surface area contributed by atoms with Gasteiger partial charge in [-0.1, -0.05) is 0 Å². The van der Waals surface area contributed by atoms with E-state index in [4.69, 9.17) is 5.73 Å². The molecule has 2 rings (SSSR count). The topological polar surface area (TPSA) is 56.7 Å². The molecule has 4 nitrogen and oxygen atoms in total. The van der Waals surface area contributed by atoms with Crippen molar-refractivity contribution in [2.75, 3.05) is 0 Å². The molecule has 2 aromatic rings. The molecule has 0 saturated heterocycles. The Morgan fingerprint density at radius 3 is 2.94 bits per heavy atom. The highest BCUT2D eigenvalue weighted by atomic mass is 32.1. The zero-order chi connectivity index (χ0) is 12.3. The fourth-order valence-electron chi connectivity index (χ4n) is 1.78. The molecule has 0 amide bonds. The molecule has 0 aliphatic heterocycles. The SMILES string of the molecule is Cc1csc(CC(N)CCc2cnn(C)c2)n1. The summed E-state index contributed by atoms with van der Waals surface area (Å²) in [5.41, 5.74) is 8.44. The van der Waals surface area contributed by atoms with Gasteiger partial charge in [-0.05, 0) is 25.3 Å². The van der Waals surface area contributed by atoms with Crippen LogP contribution in [0.4, 0.5) is 0 Å². The van der Waals surface area contributed by atoms with Crippen LogP contribution in [0.1, 0.15) is 22.7 Å². The summed E-state index contributed by atoms with van der Waals surface area (Å²) in [7, 11) is 1.93. The van der Waals surface area contributed by atoms with Crippen LogP contribution in [0, 0.1) is 6.92 Å². The lowest BCUT2D eigenvalue weighted by Crippen LogP contribution is -2.23. The van der Waals surface area contributed by atoms with Crippen LogP contribution in [-0.4, -0.2) is 20.8 Å². The van der Waals surface area contributed by atoms with E-state index in [0.717, 1.165) is 30.0 Å². The molecule has 0 radical (unpaired) electrons. The molecule has 5 heteroatoms. The van der Waals surface area contributed by atoms with Gasteiger partial charge in [0.1, 0.15) is 0 Å². The molecule has 2 aromatic heterocycles. The van der Waals surface area contributed by atoms with Gasteiger partial charge in [0.25, 0.3) is 0 Å². The standard InChI is InChI=1S/C12H18N4S/c1-9-8-17-12(15-9)5-11(13)4-3-10-6-14-16(2)7-10/h6-8,11H,3-5,13H2,1-2H3. The van der Waals surface area contributed by atoms with Crippen molar-refractivity contribution >= 4 is 11.3 Å². The Balaban J connectivity index is 1.79. The van der Waals surface area contributed by atoms with E-state index in [0.29, 0.717) is 0 Å². The molecule has 0 aliphatic carbocycles. The minimum Gasteiger partial charge on any atom is -0.327 e. The van der Waals surface area contributed by atoms with Crippen LogP contribution in [0.5, 0.6) is 0 Å². The molecule has 1 atom stereocenters. The van der Waals surface area contributed by atoms with E-state index >= 15 is 0 Å². The van der Waals surface area contributed by atoms with Crippen LogP contribution in [0.25, 0.3) is 0 Å². The summed E-state index contributed by atoms with van der Waals surface area (Å²) in [5, 5.41) is 7.36. The van der Waals surface area contributed by atoms with Crippen molar-refractivity contribution in [2.45, 2.75) is 32.2 Å². The molecule has 0 fully saturated rings. The third-order valence-corrected chi connectivity index (χ3v) is 3.65. The van der Waals surface area contributed by atoms with Crippen LogP contribution >= 0.6 is 11.3 Å². The molecular weight excluding hydrogens is 232 g/mol. The predicted molar refractivity (Wildman–Crippen MR) is 70.1 cm³/mol. The summed E-state index contributed by atoms with van der Waals surface area (Å²) in [4.78, 5) is 4.43. The fourth-order valence-corrected chi connectivity index (χ4v) is 2.64. The van der Waals surface area contributed by atoms with Crippen LogP contribution in [0.15, 0.2) is 17.8 Å². The summed E-state index contributed by atoms with van der Waals surface area (Å²) >= 11 is 1.70. The molecule has 1 unspecified atom stereocenters. The van der Waals surface area contributed by atoms with Crippen molar-refractivity contribution in [2.24, 2.45) is 12.8 Å². The first-order valence-electron chi connectivity index (χ1n) is 5.77. The maximum absolute atomic E-state index is 6.11. The predicted octanol–water partition coefficient (Wildman–Crippen LogP) is 1.69. The normalized spacial score (nSPS) is 12.9. The molecule has 2 N–H and O–H groups in total. The Morgan fingerprint density at radius 1 is 1.53 bits per heavy atom. The van der Waals surface area contributed by atoms with E-state index in [1.807, 2.05) is 31.0 Å². The first-order valence-corrected chi connectivity index (χ1v) is 6.65. The molecule has 0 saturated carbocycles. The molecule has 2 heterocycles. The number of nitrogens with two attached hydrogens (primary N) is 1. The van der Waals surface area contributed by atoms with Crippen molar-refractivity contribution in [3.8, 4) is 0 Å². The number of aromatic nitrogens is 3. The maximum Gasteiger partial charge on any atom is 0.0943 e. The first-order chi connectivity index (χ1) is 8.13. The summed E-state index contributed by atoms with van der Waals surface area (Å²) in [6, 6.07) is 0.181. The lowest BCUT2D eigenvalue weighted by atomic mass is 10.1. The van der Waals surface area contributed by atoms with Gasteiger partial charge < -0.3 is 5.73 Å². The van der Waals surface area contributed by atoms with E-state index in [-0.39, 0.29) is 6.04 Å². The Morgan fingerprint density at radius 2 is 2.35 bits per heavy atom. The van der Waals surface area contributed by atoms with Crippen molar-refractivity contribution in [1.82, 2.24) is 14.8 Å². The van der Waals surface area contributed by atoms with Crippen LogP contribution in [-0.2, 0) is 19.9 Å². The maximum atomic E-state index is 6.11. The van der Waals surface area contributed by atoms with Gasteiger partial charge in [-0.3, -0.25) is 4.68 Å². The summed E-state index contributed by atoms with van der Waals surface area (Å²) in [5.74, 6) is 0. The van der Waals surface area contributed by atoms with Gasteiger partial charge in [0, 0.05) is 36.8 Å². The lowest BCUT2D eigenvalue weighted by Gasteiger charge is -2.08. The molecule has 0 aliphatic rings. The number of thiazole rings is 1. The number of hydrogen-bond donors (Lipinski definition) is 1. The third kappa shape index (κ3) is 3.64. The zero-order valence-electron chi connectivity index (χ0n) is 10.3. The Kier molecular flexibility index (Phi) is 3.91. The van der Waals surface area contributed by atoms with Gasteiger partial charge in [0.15, 0.2) is 0 Å². The van der Waals surface area contributed by atoms with Crippen LogP contribution < -0.4 is 5.73 Å². The van der Waals surface area contributed by atoms with Crippen molar-refractivity contribution < 1.29 is 0 Å². The van der Waals surface area contributed by atoms with E-state index in [9.17, 15) is 0 Å². The minimum absolute atomic E-state index is 0.181. The van der Waals surface area contributed by atoms with Gasteiger partial charge in [-0.2, -0.15) is 5.10 Å². The summed E-state index contributed by atoms with van der Waals surface area (Å²) < 4.78 is 1.82. The van der Waals surface area contributed by atoms with Gasteiger partial charge in [0.05, 0.1) is 11.2 Å². The lowest BCUT2D eigenvalue weighted by molar-refractivity contribution is 0.608. The van der Waals surface area contributed by atoms with Crippen molar-refractivity contribution in [1.29, 1.82) is 0 Å². The van der Waals surface area contributed by atoms with Gasteiger partial charge >= 0.3 is 0 Å². The summed E-state index contributed by atoms with van der Waals surface area (Å²) in [6.45, 7) is 2.02. The van der Waals surface area contributed by atoms with Gasteiger partial charge in [-0.25, -0.2) is 4.98 Å². The third-order valence-electron chi connectivity index (χ3n) is 2.67. The molecule has 0 aromatic carbocycles. The molecule has 0 spiro atoms. The number of hydrogen-bond acceptors (Lipinski definition) is 4. The quantitative estimate of drug-likeness (QED) is 0.878. The second-order valence-electron chi connectivity index (χ2n) is 4.41. The zero-order valence-corrected chi connectivity index (χ0v) is 11.1. The largest absolute Gasteiger partial charge is 0.327 e. The number of rotatable bonds is 5. The Bertz CT molecular complexity index is 474. The smallest absolute Gasteiger partial charge is 0.0943 e. The Hall–Kier alpha value is -1.20. The average molecular weight is 250 g/mol. The Labute approximate surface area is 105 Å². The highest BCUT2D eigenvalue weighted by Crippen LogP contribution is 2.12. The minimum atomic E-state index is 0.181. The van der Waals surface area contributed by atoms with Crippen LogP contribution in [0.2, 0.25) is 0 Å². The van der Waals surface area contributed by atoms with E-state index in [1.54, 1.807) is 11.3 Å². The first kappa shape index (κ1) is 12.3. The number of aryl methyl sites for hydroxylation is 3.